The molecule has 0 aromatic carbocycles. The zero-order valence-corrected chi connectivity index (χ0v) is 10.1. The molecule has 0 atom stereocenters. The zero-order valence-electron chi connectivity index (χ0n) is 9.39. The molecule has 9 heteroatoms. The number of rotatable bonds is 3. The highest BCUT2D eigenvalue weighted by Gasteiger charge is 2.37. The van der Waals surface area contributed by atoms with Crippen LogP contribution in [0.4, 0.5) is 22.0 Å². The van der Waals surface area contributed by atoms with Crippen LogP contribution in [0.1, 0.15) is 23.2 Å². The smallest absolute Gasteiger partial charge is 0.419 e. The number of carbonyl (C=O) groups excluding carboxylic acids is 1. The highest BCUT2D eigenvalue weighted by Crippen LogP contribution is 2.39. The number of aromatic nitrogens is 1. The average Bonchev–Trinajstić information content (AvgIpc) is 2.26. The number of ether oxygens (including phenoxy) is 1. The highest BCUT2D eigenvalue weighted by molar-refractivity contribution is 6.32. The van der Waals surface area contributed by atoms with E-state index in [4.69, 9.17) is 11.6 Å². The van der Waals surface area contributed by atoms with Crippen molar-refractivity contribution in [2.45, 2.75) is 19.0 Å². The van der Waals surface area contributed by atoms with Crippen LogP contribution in [0, 0.1) is 0 Å². The molecule has 0 unspecified atom stereocenters. The van der Waals surface area contributed by atoms with Gasteiger partial charge in [0.05, 0.1) is 35.4 Å². The molecular weight excluding hydrogens is 297 g/mol. The van der Waals surface area contributed by atoms with Crippen LogP contribution in [-0.2, 0) is 22.1 Å². The number of hydrogen-bond donors (Lipinski definition) is 0. The van der Waals surface area contributed by atoms with Gasteiger partial charge in [-0.15, -0.1) is 0 Å². The summed E-state index contributed by atoms with van der Waals surface area (Å²) in [6.45, 7) is 0. The first-order chi connectivity index (χ1) is 8.68. The summed E-state index contributed by atoms with van der Waals surface area (Å²) in [5.41, 5.74) is -3.13. The number of halogens is 6. The highest BCUT2D eigenvalue weighted by atomic mass is 35.5. The molecule has 1 heterocycles. The van der Waals surface area contributed by atoms with Crippen LogP contribution in [-0.4, -0.2) is 18.1 Å². The van der Waals surface area contributed by atoms with Crippen LogP contribution >= 0.6 is 11.6 Å². The summed E-state index contributed by atoms with van der Waals surface area (Å²) >= 11 is 5.33. The molecule has 1 rings (SSSR count). The first kappa shape index (κ1) is 15.6. The van der Waals surface area contributed by atoms with Crippen molar-refractivity contribution >= 4 is 17.6 Å². The van der Waals surface area contributed by atoms with Gasteiger partial charge >= 0.3 is 12.1 Å². The molecular formula is C10H7ClF5NO2. The van der Waals surface area contributed by atoms with E-state index in [0.29, 0.717) is 6.20 Å². The quantitative estimate of drug-likeness (QED) is 0.634. The molecule has 0 aliphatic heterocycles. The monoisotopic (exact) mass is 303 g/mol. The first-order valence-electron chi connectivity index (χ1n) is 4.78. The molecule has 0 radical (unpaired) electrons. The fourth-order valence-corrected chi connectivity index (χ4v) is 1.66. The van der Waals surface area contributed by atoms with Crippen molar-refractivity contribution in [3.63, 3.8) is 0 Å². The molecule has 0 saturated carbocycles. The fraction of sp³-hybridized carbons (Fsp3) is 0.400. The van der Waals surface area contributed by atoms with Gasteiger partial charge in [0.25, 0.3) is 6.43 Å². The molecule has 0 fully saturated rings. The Kier molecular flexibility index (Phi) is 4.67. The largest absolute Gasteiger partial charge is 0.469 e. The van der Waals surface area contributed by atoms with Crippen molar-refractivity contribution in [1.82, 2.24) is 4.98 Å². The van der Waals surface area contributed by atoms with Crippen molar-refractivity contribution in [3.8, 4) is 0 Å². The lowest BCUT2D eigenvalue weighted by molar-refractivity contribution is -0.139. The Morgan fingerprint density at radius 1 is 1.47 bits per heavy atom. The Balaban J connectivity index is 3.36. The molecule has 0 bridgehead atoms. The summed E-state index contributed by atoms with van der Waals surface area (Å²) in [7, 11) is 1.01. The van der Waals surface area contributed by atoms with Gasteiger partial charge in [-0.05, 0) is 0 Å². The Morgan fingerprint density at radius 3 is 2.47 bits per heavy atom. The summed E-state index contributed by atoms with van der Waals surface area (Å²) in [4.78, 5) is 14.2. The molecule has 0 N–H and O–H groups in total. The molecule has 0 aliphatic rings. The Morgan fingerprint density at radius 2 is 2.05 bits per heavy atom. The van der Waals surface area contributed by atoms with Crippen LogP contribution in [0.3, 0.4) is 0 Å². The van der Waals surface area contributed by atoms with E-state index >= 15 is 0 Å². The fourth-order valence-electron chi connectivity index (χ4n) is 1.31. The normalized spacial score (nSPS) is 11.8. The number of pyridine rings is 1. The zero-order chi connectivity index (χ0) is 14.8. The molecule has 0 amide bonds. The third-order valence-electron chi connectivity index (χ3n) is 2.20. The number of alkyl halides is 5. The lowest BCUT2D eigenvalue weighted by atomic mass is 10.1. The molecule has 1 aromatic heterocycles. The Bertz CT molecular complexity index is 490. The standard InChI is InChI=1S/C10H7ClF5NO2/c1-19-6(18)2-5-7(9(12)13)8(11)4(3-17-5)10(14,15)16/h3,9H,2H2,1H3. The van der Waals surface area contributed by atoms with E-state index < -0.39 is 46.8 Å². The molecule has 106 valence electrons. The van der Waals surface area contributed by atoms with Crippen LogP contribution < -0.4 is 0 Å². The van der Waals surface area contributed by atoms with E-state index in [0.717, 1.165) is 7.11 Å². The molecule has 0 aliphatic carbocycles. The van der Waals surface area contributed by atoms with Gasteiger partial charge in [0.1, 0.15) is 0 Å². The van der Waals surface area contributed by atoms with Crippen LogP contribution in [0.25, 0.3) is 0 Å². The summed E-state index contributed by atoms with van der Waals surface area (Å²) in [6, 6.07) is 0. The number of methoxy groups -OCH3 is 1. The second-order valence-electron chi connectivity index (χ2n) is 3.40. The minimum atomic E-state index is -4.91. The Hall–Kier alpha value is -1.44. The van der Waals surface area contributed by atoms with Gasteiger partial charge in [-0.25, -0.2) is 8.78 Å². The summed E-state index contributed by atoms with van der Waals surface area (Å²) < 4.78 is 67.2. The van der Waals surface area contributed by atoms with E-state index in [1.54, 1.807) is 0 Å². The van der Waals surface area contributed by atoms with Crippen molar-refractivity contribution in [3.05, 3.63) is 28.0 Å². The molecule has 0 saturated heterocycles. The number of hydrogen-bond acceptors (Lipinski definition) is 3. The SMILES string of the molecule is COC(=O)Cc1ncc(C(F)(F)F)c(Cl)c1C(F)F. The second kappa shape index (κ2) is 5.68. The van der Waals surface area contributed by atoms with E-state index in [9.17, 15) is 26.7 Å². The van der Waals surface area contributed by atoms with E-state index in [1.807, 2.05) is 0 Å². The van der Waals surface area contributed by atoms with Crippen LogP contribution in [0.15, 0.2) is 6.20 Å². The molecule has 3 nitrogen and oxygen atoms in total. The average molecular weight is 304 g/mol. The maximum absolute atomic E-state index is 12.8. The lowest BCUT2D eigenvalue weighted by Gasteiger charge is -2.14. The second-order valence-corrected chi connectivity index (χ2v) is 3.78. The molecule has 1 aromatic rings. The maximum Gasteiger partial charge on any atom is 0.419 e. The lowest BCUT2D eigenvalue weighted by Crippen LogP contribution is -2.14. The number of nitrogens with zero attached hydrogens (tertiary/aromatic N) is 1. The summed E-state index contributed by atoms with van der Waals surface area (Å²) in [5.74, 6) is -0.912. The van der Waals surface area contributed by atoms with Crippen molar-refractivity contribution in [2.75, 3.05) is 7.11 Å². The predicted octanol–water partition coefficient (Wildman–Crippen LogP) is 3.41. The van der Waals surface area contributed by atoms with Crippen molar-refractivity contribution in [1.29, 1.82) is 0 Å². The maximum atomic E-state index is 12.8. The molecule has 19 heavy (non-hydrogen) atoms. The van der Waals surface area contributed by atoms with E-state index in [-0.39, 0.29) is 0 Å². The topological polar surface area (TPSA) is 39.2 Å². The van der Waals surface area contributed by atoms with Gasteiger partial charge in [0, 0.05) is 6.20 Å². The van der Waals surface area contributed by atoms with Gasteiger partial charge in [-0.1, -0.05) is 11.6 Å². The van der Waals surface area contributed by atoms with Crippen LogP contribution in [0.2, 0.25) is 5.02 Å². The third kappa shape index (κ3) is 3.52. The van der Waals surface area contributed by atoms with Gasteiger partial charge in [0.15, 0.2) is 0 Å². The van der Waals surface area contributed by atoms with Crippen LogP contribution in [0.5, 0.6) is 0 Å². The Labute approximate surface area is 109 Å². The summed E-state index contributed by atoms with van der Waals surface area (Å²) in [5, 5.41) is -1.16. The summed E-state index contributed by atoms with van der Waals surface area (Å²) in [6.07, 6.45) is -8.57. The minimum absolute atomic E-state index is 0.312. The predicted molar refractivity (Wildman–Crippen MR) is 54.9 cm³/mol. The van der Waals surface area contributed by atoms with Gasteiger partial charge in [0.2, 0.25) is 0 Å². The van der Waals surface area contributed by atoms with E-state index in [2.05, 4.69) is 9.72 Å². The van der Waals surface area contributed by atoms with E-state index in [1.165, 1.54) is 0 Å². The number of esters is 1. The van der Waals surface area contributed by atoms with Crippen molar-refractivity contribution in [2.24, 2.45) is 0 Å². The van der Waals surface area contributed by atoms with Gasteiger partial charge in [-0.2, -0.15) is 13.2 Å². The van der Waals surface area contributed by atoms with Gasteiger partial charge in [-0.3, -0.25) is 9.78 Å². The van der Waals surface area contributed by atoms with Crippen molar-refractivity contribution < 1.29 is 31.5 Å². The molecule has 0 spiro atoms. The number of carbonyl (C=O) groups is 1. The minimum Gasteiger partial charge on any atom is -0.469 e. The first-order valence-corrected chi connectivity index (χ1v) is 5.15. The van der Waals surface area contributed by atoms with Gasteiger partial charge < -0.3 is 4.74 Å². The third-order valence-corrected chi connectivity index (χ3v) is 2.60.